The number of nitrogens with zero attached hydrogens (tertiary/aromatic N) is 1. The highest BCUT2D eigenvalue weighted by Crippen LogP contribution is 2.27. The minimum absolute atomic E-state index is 0.0857. The van der Waals surface area contributed by atoms with Gasteiger partial charge < -0.3 is 11.1 Å². The summed E-state index contributed by atoms with van der Waals surface area (Å²) in [6.07, 6.45) is 1.41. The Morgan fingerprint density at radius 2 is 1.72 bits per heavy atom. The zero-order valence-corrected chi connectivity index (χ0v) is 10.4. The number of anilines is 3. The highest BCUT2D eigenvalue weighted by atomic mass is 79.9. The number of nitrogens with two attached hydrogens (primary N) is 1. The van der Waals surface area contributed by atoms with Gasteiger partial charge in [-0.3, -0.25) is 0 Å². The molecule has 0 spiro atoms. The molecule has 0 amide bonds. The van der Waals surface area contributed by atoms with Gasteiger partial charge in [0.25, 0.3) is 0 Å². The van der Waals surface area contributed by atoms with Gasteiger partial charge in [0.15, 0.2) is 17.5 Å². The highest BCUT2D eigenvalue weighted by molar-refractivity contribution is 9.10. The molecule has 3 nitrogen and oxygen atoms in total. The van der Waals surface area contributed by atoms with Crippen LogP contribution in [0.1, 0.15) is 0 Å². The van der Waals surface area contributed by atoms with Crippen LogP contribution in [0.2, 0.25) is 0 Å². The van der Waals surface area contributed by atoms with Gasteiger partial charge in [-0.05, 0) is 22.0 Å². The third kappa shape index (κ3) is 2.56. The Morgan fingerprint density at radius 1 is 1.11 bits per heavy atom. The standard InChI is InChI=1S/C11H7BrF3N3/c12-5-1-9(16)11(17-4-5)18-10-7(14)2-6(13)3-8(10)15/h1-4H,16H2,(H,17,18). The zero-order valence-electron chi connectivity index (χ0n) is 8.85. The Hall–Kier alpha value is -1.76. The summed E-state index contributed by atoms with van der Waals surface area (Å²) >= 11 is 3.15. The van der Waals surface area contributed by atoms with Crippen molar-refractivity contribution in [2.75, 3.05) is 11.1 Å². The molecule has 1 aromatic heterocycles. The Labute approximate surface area is 109 Å². The molecule has 0 atom stereocenters. The molecule has 18 heavy (non-hydrogen) atoms. The van der Waals surface area contributed by atoms with Crippen molar-refractivity contribution in [1.29, 1.82) is 0 Å². The average Bonchev–Trinajstić information content (AvgIpc) is 2.25. The fourth-order valence-electron chi connectivity index (χ4n) is 1.34. The lowest BCUT2D eigenvalue weighted by atomic mass is 10.2. The number of hydrogen-bond donors (Lipinski definition) is 2. The molecule has 0 bridgehead atoms. The van der Waals surface area contributed by atoms with Crippen LogP contribution in [0.15, 0.2) is 28.9 Å². The quantitative estimate of drug-likeness (QED) is 0.890. The minimum Gasteiger partial charge on any atom is -0.396 e. The van der Waals surface area contributed by atoms with Crippen LogP contribution < -0.4 is 11.1 Å². The van der Waals surface area contributed by atoms with E-state index < -0.39 is 23.1 Å². The number of nitrogens with one attached hydrogen (secondary N) is 1. The molecular weight excluding hydrogens is 311 g/mol. The number of pyridine rings is 1. The molecular formula is C11H7BrF3N3. The van der Waals surface area contributed by atoms with Gasteiger partial charge in [0.1, 0.15) is 11.5 Å². The van der Waals surface area contributed by atoms with Crippen LogP contribution in [0.5, 0.6) is 0 Å². The Morgan fingerprint density at radius 3 is 2.28 bits per heavy atom. The van der Waals surface area contributed by atoms with Crippen LogP contribution in [0, 0.1) is 17.5 Å². The smallest absolute Gasteiger partial charge is 0.153 e. The first-order valence-electron chi connectivity index (χ1n) is 4.80. The van der Waals surface area contributed by atoms with Crippen molar-refractivity contribution in [1.82, 2.24) is 4.98 Å². The monoisotopic (exact) mass is 317 g/mol. The summed E-state index contributed by atoms with van der Waals surface area (Å²) in [6, 6.07) is 2.66. The normalized spacial score (nSPS) is 10.4. The van der Waals surface area contributed by atoms with E-state index in [4.69, 9.17) is 5.73 Å². The number of rotatable bonds is 2. The van der Waals surface area contributed by atoms with Crippen molar-refractivity contribution in [3.05, 3.63) is 46.3 Å². The largest absolute Gasteiger partial charge is 0.396 e. The van der Waals surface area contributed by atoms with Crippen molar-refractivity contribution in [2.24, 2.45) is 0 Å². The molecule has 0 aliphatic carbocycles. The maximum atomic E-state index is 13.4. The Kier molecular flexibility index (Phi) is 3.42. The van der Waals surface area contributed by atoms with E-state index in [0.29, 0.717) is 16.6 Å². The van der Waals surface area contributed by atoms with E-state index >= 15 is 0 Å². The van der Waals surface area contributed by atoms with E-state index in [1.54, 1.807) is 0 Å². The third-order valence-electron chi connectivity index (χ3n) is 2.13. The molecule has 1 aromatic carbocycles. The van der Waals surface area contributed by atoms with Gasteiger partial charge in [-0.25, -0.2) is 18.2 Å². The minimum atomic E-state index is -1.06. The maximum Gasteiger partial charge on any atom is 0.153 e. The molecule has 2 aromatic rings. The fraction of sp³-hybridized carbons (Fsp3) is 0. The SMILES string of the molecule is Nc1cc(Br)cnc1Nc1c(F)cc(F)cc1F. The second-order valence-corrected chi connectivity index (χ2v) is 4.38. The lowest BCUT2D eigenvalue weighted by Crippen LogP contribution is -2.03. The molecule has 7 heteroatoms. The average molecular weight is 318 g/mol. The van der Waals surface area contributed by atoms with E-state index in [9.17, 15) is 13.2 Å². The lowest BCUT2D eigenvalue weighted by molar-refractivity contribution is 0.549. The van der Waals surface area contributed by atoms with Crippen LogP contribution in [0.4, 0.5) is 30.4 Å². The van der Waals surface area contributed by atoms with Crippen LogP contribution >= 0.6 is 15.9 Å². The van der Waals surface area contributed by atoms with E-state index in [1.807, 2.05) is 0 Å². The van der Waals surface area contributed by atoms with Crippen LogP contribution in [-0.2, 0) is 0 Å². The van der Waals surface area contributed by atoms with Crippen LogP contribution in [-0.4, -0.2) is 4.98 Å². The van der Waals surface area contributed by atoms with Crippen LogP contribution in [0.3, 0.4) is 0 Å². The first-order valence-corrected chi connectivity index (χ1v) is 5.59. The topological polar surface area (TPSA) is 50.9 Å². The van der Waals surface area contributed by atoms with Gasteiger partial charge in [0, 0.05) is 22.8 Å². The number of halogens is 4. The number of benzene rings is 1. The lowest BCUT2D eigenvalue weighted by Gasteiger charge is -2.10. The zero-order chi connectivity index (χ0) is 13.3. The first-order chi connectivity index (χ1) is 8.47. The Balaban J connectivity index is 2.40. The molecule has 0 saturated carbocycles. The molecule has 0 aliphatic heterocycles. The Bertz CT molecular complexity index is 581. The third-order valence-corrected chi connectivity index (χ3v) is 2.57. The highest BCUT2D eigenvalue weighted by Gasteiger charge is 2.13. The van der Waals surface area contributed by atoms with Crippen molar-refractivity contribution in [3.8, 4) is 0 Å². The molecule has 0 saturated heterocycles. The molecule has 0 aliphatic rings. The van der Waals surface area contributed by atoms with Gasteiger partial charge in [-0.15, -0.1) is 0 Å². The van der Waals surface area contributed by atoms with Gasteiger partial charge >= 0.3 is 0 Å². The molecule has 3 N–H and O–H groups in total. The summed E-state index contributed by atoms with van der Waals surface area (Å²) in [5, 5.41) is 2.39. The summed E-state index contributed by atoms with van der Waals surface area (Å²) in [7, 11) is 0. The van der Waals surface area contributed by atoms with Gasteiger partial charge in [0.2, 0.25) is 0 Å². The summed E-state index contributed by atoms with van der Waals surface area (Å²) in [4.78, 5) is 3.87. The number of nitrogen functional groups attached to an aromatic ring is 1. The van der Waals surface area contributed by atoms with Crippen molar-refractivity contribution in [2.45, 2.75) is 0 Å². The van der Waals surface area contributed by atoms with Crippen molar-refractivity contribution in [3.63, 3.8) is 0 Å². The van der Waals surface area contributed by atoms with Gasteiger partial charge in [0.05, 0.1) is 5.69 Å². The van der Waals surface area contributed by atoms with E-state index in [-0.39, 0.29) is 11.5 Å². The summed E-state index contributed by atoms with van der Waals surface area (Å²) in [5.41, 5.74) is 5.32. The summed E-state index contributed by atoms with van der Waals surface area (Å²) in [5.74, 6) is -3.02. The predicted octanol–water partition coefficient (Wildman–Crippen LogP) is 3.59. The van der Waals surface area contributed by atoms with Gasteiger partial charge in [-0.1, -0.05) is 0 Å². The number of aromatic nitrogens is 1. The first kappa shape index (κ1) is 12.7. The molecule has 1 heterocycles. The van der Waals surface area contributed by atoms with Crippen molar-refractivity contribution < 1.29 is 13.2 Å². The van der Waals surface area contributed by atoms with Crippen molar-refractivity contribution >= 4 is 33.1 Å². The van der Waals surface area contributed by atoms with E-state index in [2.05, 4.69) is 26.2 Å². The summed E-state index contributed by atoms with van der Waals surface area (Å²) < 4.78 is 40.1. The maximum absolute atomic E-state index is 13.4. The number of hydrogen-bond acceptors (Lipinski definition) is 3. The summed E-state index contributed by atoms with van der Waals surface area (Å²) in [6.45, 7) is 0. The fourth-order valence-corrected chi connectivity index (χ4v) is 1.69. The molecule has 0 radical (unpaired) electrons. The second kappa shape index (κ2) is 4.85. The van der Waals surface area contributed by atoms with Gasteiger partial charge in [-0.2, -0.15) is 0 Å². The van der Waals surface area contributed by atoms with E-state index in [1.165, 1.54) is 12.3 Å². The molecule has 0 unspecified atom stereocenters. The second-order valence-electron chi connectivity index (χ2n) is 3.46. The molecule has 2 rings (SSSR count). The van der Waals surface area contributed by atoms with Crippen LogP contribution in [0.25, 0.3) is 0 Å². The van der Waals surface area contributed by atoms with E-state index in [0.717, 1.165) is 0 Å². The molecule has 94 valence electrons. The predicted molar refractivity (Wildman–Crippen MR) is 65.9 cm³/mol. The molecule has 0 fully saturated rings.